The average Bonchev–Trinajstić information content (AvgIpc) is 2.55. The molecular formula is C14H15F2N5O3. The third-order valence-corrected chi connectivity index (χ3v) is 3.22. The minimum absolute atomic E-state index is 0.0247. The Kier molecular flexibility index (Phi) is 5.53. The first-order valence-electron chi connectivity index (χ1n) is 7.05. The molecule has 128 valence electrons. The summed E-state index contributed by atoms with van der Waals surface area (Å²) in [5.41, 5.74) is -0.315. The van der Waals surface area contributed by atoms with Crippen LogP contribution >= 0.6 is 0 Å². The average molecular weight is 339 g/mol. The lowest BCUT2D eigenvalue weighted by atomic mass is 10.3. The number of hydrogen-bond acceptors (Lipinski definition) is 7. The van der Waals surface area contributed by atoms with Crippen molar-refractivity contribution in [2.75, 3.05) is 29.9 Å². The molecule has 0 bridgehead atoms. The van der Waals surface area contributed by atoms with Crippen LogP contribution in [0.15, 0.2) is 24.5 Å². The lowest BCUT2D eigenvalue weighted by molar-refractivity contribution is -0.383. The molecule has 0 saturated heterocycles. The molecule has 0 aliphatic carbocycles. The smallest absolute Gasteiger partial charge is 0.353 e. The number of halogens is 2. The second-order valence-electron chi connectivity index (χ2n) is 4.71. The van der Waals surface area contributed by atoms with Crippen molar-refractivity contribution in [3.8, 4) is 0 Å². The Morgan fingerprint density at radius 1 is 1.33 bits per heavy atom. The van der Waals surface area contributed by atoms with Gasteiger partial charge in [-0.15, -0.1) is 0 Å². The van der Waals surface area contributed by atoms with E-state index in [1.165, 1.54) is 11.0 Å². The van der Waals surface area contributed by atoms with Gasteiger partial charge >= 0.3 is 5.69 Å². The van der Waals surface area contributed by atoms with E-state index in [0.29, 0.717) is 6.54 Å². The van der Waals surface area contributed by atoms with Crippen molar-refractivity contribution in [3.63, 3.8) is 0 Å². The SMILES string of the molecule is CCN(CCO)c1ncnc(Nc2ccc(F)c(F)c2)c1[N+](=O)[O-]. The number of aromatic nitrogens is 2. The number of hydrogen-bond donors (Lipinski definition) is 2. The van der Waals surface area contributed by atoms with E-state index < -0.39 is 22.2 Å². The van der Waals surface area contributed by atoms with Crippen molar-refractivity contribution < 1.29 is 18.8 Å². The Bertz CT molecular complexity index is 744. The molecule has 0 aliphatic heterocycles. The van der Waals surface area contributed by atoms with Gasteiger partial charge in [-0.05, 0) is 19.1 Å². The van der Waals surface area contributed by atoms with Crippen molar-refractivity contribution in [1.29, 1.82) is 0 Å². The van der Waals surface area contributed by atoms with Gasteiger partial charge in [0.05, 0.1) is 11.5 Å². The van der Waals surface area contributed by atoms with E-state index in [4.69, 9.17) is 5.11 Å². The van der Waals surface area contributed by atoms with Gasteiger partial charge in [0.15, 0.2) is 11.6 Å². The van der Waals surface area contributed by atoms with Crippen LogP contribution in [0.5, 0.6) is 0 Å². The van der Waals surface area contributed by atoms with Gasteiger partial charge in [0.25, 0.3) is 0 Å². The second kappa shape index (κ2) is 7.59. The molecule has 0 aliphatic rings. The molecule has 0 saturated carbocycles. The molecule has 1 aromatic heterocycles. The highest BCUT2D eigenvalue weighted by Crippen LogP contribution is 2.33. The largest absolute Gasteiger partial charge is 0.395 e. The zero-order valence-electron chi connectivity index (χ0n) is 12.7. The topological polar surface area (TPSA) is 104 Å². The van der Waals surface area contributed by atoms with Gasteiger partial charge in [-0.1, -0.05) is 0 Å². The Balaban J connectivity index is 2.45. The van der Waals surface area contributed by atoms with E-state index >= 15 is 0 Å². The van der Waals surface area contributed by atoms with Crippen LogP contribution in [0.1, 0.15) is 6.92 Å². The number of aliphatic hydroxyl groups is 1. The first-order chi connectivity index (χ1) is 11.5. The van der Waals surface area contributed by atoms with E-state index in [1.807, 2.05) is 0 Å². The summed E-state index contributed by atoms with van der Waals surface area (Å²) in [7, 11) is 0. The fourth-order valence-corrected chi connectivity index (χ4v) is 2.11. The predicted molar refractivity (Wildman–Crippen MR) is 83.3 cm³/mol. The van der Waals surface area contributed by atoms with Crippen LogP contribution < -0.4 is 10.2 Å². The summed E-state index contributed by atoms with van der Waals surface area (Å²) in [5.74, 6) is -2.25. The lowest BCUT2D eigenvalue weighted by Crippen LogP contribution is -2.28. The maximum Gasteiger partial charge on any atom is 0.353 e. The van der Waals surface area contributed by atoms with Crippen LogP contribution in [-0.4, -0.2) is 39.7 Å². The fraction of sp³-hybridized carbons (Fsp3) is 0.286. The van der Waals surface area contributed by atoms with E-state index in [-0.39, 0.29) is 30.5 Å². The summed E-state index contributed by atoms with van der Waals surface area (Å²) >= 11 is 0. The van der Waals surface area contributed by atoms with Gasteiger partial charge in [-0.25, -0.2) is 18.7 Å². The lowest BCUT2D eigenvalue weighted by Gasteiger charge is -2.20. The minimum Gasteiger partial charge on any atom is -0.395 e. The summed E-state index contributed by atoms with van der Waals surface area (Å²) in [6.07, 6.45) is 1.12. The Morgan fingerprint density at radius 3 is 2.67 bits per heavy atom. The molecule has 0 fully saturated rings. The van der Waals surface area contributed by atoms with E-state index in [1.54, 1.807) is 6.92 Å². The molecule has 24 heavy (non-hydrogen) atoms. The third kappa shape index (κ3) is 3.71. The Hall–Kier alpha value is -2.88. The molecule has 0 amide bonds. The quantitative estimate of drug-likeness (QED) is 0.589. The molecule has 0 radical (unpaired) electrons. The number of rotatable bonds is 7. The van der Waals surface area contributed by atoms with Crippen molar-refractivity contribution in [3.05, 3.63) is 46.3 Å². The van der Waals surface area contributed by atoms with Crippen LogP contribution in [0.3, 0.4) is 0 Å². The normalized spacial score (nSPS) is 10.5. The van der Waals surface area contributed by atoms with Gasteiger partial charge in [-0.2, -0.15) is 0 Å². The minimum atomic E-state index is -1.09. The van der Waals surface area contributed by atoms with Crippen molar-refractivity contribution in [1.82, 2.24) is 9.97 Å². The van der Waals surface area contributed by atoms with E-state index in [9.17, 15) is 18.9 Å². The van der Waals surface area contributed by atoms with Crippen molar-refractivity contribution in [2.45, 2.75) is 6.92 Å². The monoisotopic (exact) mass is 339 g/mol. The highest BCUT2D eigenvalue weighted by Gasteiger charge is 2.26. The number of aliphatic hydroxyl groups excluding tert-OH is 1. The molecule has 2 aromatic rings. The molecule has 0 spiro atoms. The summed E-state index contributed by atoms with van der Waals surface area (Å²) in [4.78, 5) is 20.0. The number of likely N-dealkylation sites (N-methyl/N-ethyl adjacent to an activating group) is 1. The van der Waals surface area contributed by atoms with Gasteiger partial charge in [0, 0.05) is 24.8 Å². The van der Waals surface area contributed by atoms with E-state index in [0.717, 1.165) is 18.5 Å². The number of nitrogens with one attached hydrogen (secondary N) is 1. The summed E-state index contributed by atoms with van der Waals surface area (Å²) < 4.78 is 26.3. The predicted octanol–water partition coefficient (Wildman–Crippen LogP) is 2.23. The summed E-state index contributed by atoms with van der Waals surface area (Å²) in [6, 6.07) is 3.00. The first-order valence-corrected chi connectivity index (χ1v) is 7.05. The molecule has 0 atom stereocenters. The highest BCUT2D eigenvalue weighted by atomic mass is 19.2. The zero-order valence-corrected chi connectivity index (χ0v) is 12.7. The molecule has 1 heterocycles. The summed E-state index contributed by atoms with van der Waals surface area (Å²) in [5, 5.41) is 23.1. The highest BCUT2D eigenvalue weighted by molar-refractivity contribution is 5.74. The maximum atomic E-state index is 13.3. The number of anilines is 3. The number of nitro groups is 1. The van der Waals surface area contributed by atoms with Crippen LogP contribution in [0.2, 0.25) is 0 Å². The Morgan fingerprint density at radius 2 is 2.08 bits per heavy atom. The Labute approximate surface area is 135 Å². The maximum absolute atomic E-state index is 13.3. The van der Waals surface area contributed by atoms with Crippen LogP contribution in [-0.2, 0) is 0 Å². The van der Waals surface area contributed by atoms with Gasteiger partial charge < -0.3 is 15.3 Å². The number of nitrogens with zero attached hydrogens (tertiary/aromatic N) is 4. The van der Waals surface area contributed by atoms with Gasteiger partial charge in [0.2, 0.25) is 11.6 Å². The molecule has 0 unspecified atom stereocenters. The van der Waals surface area contributed by atoms with Crippen molar-refractivity contribution in [2.24, 2.45) is 0 Å². The molecule has 10 heteroatoms. The molecule has 8 nitrogen and oxygen atoms in total. The van der Waals surface area contributed by atoms with Crippen LogP contribution in [0, 0.1) is 21.7 Å². The molecule has 1 aromatic carbocycles. The fourth-order valence-electron chi connectivity index (χ4n) is 2.11. The van der Waals surface area contributed by atoms with Gasteiger partial charge in [-0.3, -0.25) is 10.1 Å². The molecule has 2 rings (SSSR count). The summed E-state index contributed by atoms with van der Waals surface area (Å²) in [6.45, 7) is 2.08. The molecular weight excluding hydrogens is 324 g/mol. The van der Waals surface area contributed by atoms with Crippen LogP contribution in [0.25, 0.3) is 0 Å². The van der Waals surface area contributed by atoms with Crippen molar-refractivity contribution >= 4 is 23.0 Å². The second-order valence-corrected chi connectivity index (χ2v) is 4.71. The number of benzene rings is 1. The third-order valence-electron chi connectivity index (χ3n) is 3.22. The standard InChI is InChI=1S/C14H15F2N5O3/c1-2-20(5-6-22)14-12(21(23)24)13(17-8-18-14)19-9-3-4-10(15)11(16)7-9/h3-4,7-8,22H,2,5-6H2,1H3,(H,17,18,19). The first kappa shape index (κ1) is 17.5. The van der Waals surface area contributed by atoms with E-state index in [2.05, 4.69) is 15.3 Å². The zero-order chi connectivity index (χ0) is 17.7. The van der Waals surface area contributed by atoms with Crippen LogP contribution in [0.4, 0.5) is 31.8 Å². The van der Waals surface area contributed by atoms with Gasteiger partial charge in [0.1, 0.15) is 6.33 Å². The molecule has 2 N–H and O–H groups in total.